The van der Waals surface area contributed by atoms with Gasteiger partial charge in [0.2, 0.25) is 0 Å². The summed E-state index contributed by atoms with van der Waals surface area (Å²) in [5.41, 5.74) is 0. The van der Waals surface area contributed by atoms with Crippen LogP contribution in [0.3, 0.4) is 0 Å². The fourth-order valence-electron chi connectivity index (χ4n) is 7.97. The van der Waals surface area contributed by atoms with Crippen LogP contribution in [0.25, 0.3) is 0 Å². The number of phosphoric ester groups is 2. The van der Waals surface area contributed by atoms with Crippen LogP contribution in [0.15, 0.2) is 134 Å². The van der Waals surface area contributed by atoms with Crippen molar-refractivity contribution in [3.63, 3.8) is 0 Å². The Balaban J connectivity index is 4.69. The zero-order valence-corrected chi connectivity index (χ0v) is 55.2. The van der Waals surface area contributed by atoms with Gasteiger partial charge in [-0.2, -0.15) is 0 Å². The van der Waals surface area contributed by atoms with Gasteiger partial charge in [0.15, 0.2) is 6.10 Å². The first-order chi connectivity index (χ1) is 42.2. The summed E-state index contributed by atoms with van der Waals surface area (Å²) in [7, 11) is -9.80. The smallest absolute Gasteiger partial charge is 0.463 e. The summed E-state index contributed by atoms with van der Waals surface area (Å²) in [4.78, 5) is 58.2. The lowest BCUT2D eigenvalue weighted by molar-refractivity contribution is -0.161. The first-order valence-corrected chi connectivity index (χ1v) is 35.5. The van der Waals surface area contributed by atoms with Crippen LogP contribution in [0.5, 0.6) is 0 Å². The van der Waals surface area contributed by atoms with Crippen molar-refractivity contribution in [1.82, 2.24) is 0 Å². The van der Waals surface area contributed by atoms with Gasteiger partial charge in [-0.25, -0.2) is 9.13 Å². The van der Waals surface area contributed by atoms with E-state index in [1.54, 1.807) is 0 Å². The van der Waals surface area contributed by atoms with Crippen molar-refractivity contribution in [2.24, 2.45) is 0 Å². The first-order valence-electron chi connectivity index (χ1n) is 32.5. The van der Waals surface area contributed by atoms with Crippen LogP contribution in [0.4, 0.5) is 0 Å². The van der Waals surface area contributed by atoms with Gasteiger partial charge in [-0.15, -0.1) is 0 Å². The molecule has 0 aromatic carbocycles. The van der Waals surface area contributed by atoms with Crippen molar-refractivity contribution in [3.8, 4) is 0 Å². The third kappa shape index (κ3) is 63.1. The summed E-state index contributed by atoms with van der Waals surface area (Å²) in [5.74, 6) is -1.70. The molecule has 0 spiro atoms. The molecule has 0 radical (unpaired) electrons. The van der Waals surface area contributed by atoms with Crippen molar-refractivity contribution in [2.75, 3.05) is 39.6 Å². The Morgan fingerprint density at radius 1 is 0.333 bits per heavy atom. The lowest BCUT2D eigenvalue weighted by Crippen LogP contribution is -2.30. The molecule has 87 heavy (non-hydrogen) atoms. The largest absolute Gasteiger partial charge is 0.472 e. The summed E-state index contributed by atoms with van der Waals surface area (Å²) in [6, 6.07) is 0. The molecule has 0 bridgehead atoms. The second-order valence-electron chi connectivity index (χ2n) is 21.2. The van der Waals surface area contributed by atoms with Crippen molar-refractivity contribution in [3.05, 3.63) is 134 Å². The van der Waals surface area contributed by atoms with E-state index in [4.69, 9.17) is 32.3 Å². The van der Waals surface area contributed by atoms with Gasteiger partial charge >= 0.3 is 33.6 Å². The van der Waals surface area contributed by atoms with Gasteiger partial charge in [0.05, 0.1) is 26.4 Å². The van der Waals surface area contributed by atoms with Crippen LogP contribution in [0.2, 0.25) is 0 Å². The maximum Gasteiger partial charge on any atom is 0.472 e. The maximum absolute atomic E-state index is 12.9. The number of ether oxygens (including phenoxy) is 3. The lowest BCUT2D eigenvalue weighted by atomic mass is 10.1. The number of unbranched alkanes of at least 4 members (excludes halogenated alkanes) is 15. The number of carbonyl (C=O) groups is 3. The Bertz CT molecular complexity index is 2120. The SMILES string of the molecule is CC/C=C\C/C=C\C/C=C\C/C=C\C/C=C\C/C=C\CCC(=O)OCC(COP(=O)(O)OCC(O)COP(=O)(O)OCC(O)COC(=O)CCCCCCC/C=C\C/C=C\C/C=C\C/C=C\C/C=C\CC)OC(=O)CCCCCCCCCCCCC. The molecule has 0 fully saturated rings. The van der Waals surface area contributed by atoms with Crippen LogP contribution >= 0.6 is 15.6 Å². The molecule has 0 aromatic heterocycles. The van der Waals surface area contributed by atoms with Crippen molar-refractivity contribution in [2.45, 2.75) is 245 Å². The molecule has 16 nitrogen and oxygen atoms in total. The average molecular weight is 1260 g/mol. The Labute approximate surface area is 525 Å². The Kier molecular flexibility index (Phi) is 58.8. The van der Waals surface area contributed by atoms with E-state index >= 15 is 0 Å². The molecule has 0 heterocycles. The van der Waals surface area contributed by atoms with E-state index in [-0.39, 0.29) is 19.3 Å². The number of hydrogen-bond donors (Lipinski definition) is 4. The molecular weight excluding hydrogens is 1150 g/mol. The summed E-state index contributed by atoms with van der Waals surface area (Å²) in [5, 5.41) is 20.5. The second kappa shape index (κ2) is 61.9. The number of allylic oxidation sites excluding steroid dienone is 22. The number of carbonyl (C=O) groups excluding carboxylic acids is 3. The minimum absolute atomic E-state index is 0.0428. The monoisotopic (exact) mass is 1260 g/mol. The van der Waals surface area contributed by atoms with E-state index < -0.39 is 91.5 Å². The fourth-order valence-corrected chi connectivity index (χ4v) is 9.56. The van der Waals surface area contributed by atoms with Crippen LogP contribution < -0.4 is 0 Å². The Morgan fingerprint density at radius 3 is 1.03 bits per heavy atom. The molecule has 0 aliphatic rings. The van der Waals surface area contributed by atoms with Gasteiger partial charge in [-0.1, -0.05) is 238 Å². The highest BCUT2D eigenvalue weighted by atomic mass is 31.2. The van der Waals surface area contributed by atoms with E-state index in [1.807, 2.05) is 18.2 Å². The number of rotatable bonds is 60. The number of phosphoric acid groups is 2. The molecule has 18 heteroatoms. The van der Waals surface area contributed by atoms with E-state index in [2.05, 4.69) is 136 Å². The van der Waals surface area contributed by atoms with Gasteiger partial charge in [0, 0.05) is 19.3 Å². The normalized spacial score (nSPS) is 15.2. The zero-order valence-electron chi connectivity index (χ0n) is 53.4. The van der Waals surface area contributed by atoms with E-state index in [0.717, 1.165) is 122 Å². The quantitative estimate of drug-likeness (QED) is 0.0146. The topological polar surface area (TPSA) is 231 Å². The lowest BCUT2D eigenvalue weighted by Gasteiger charge is -2.21. The molecule has 0 aliphatic heterocycles. The molecule has 0 aliphatic carbocycles. The second-order valence-corrected chi connectivity index (χ2v) is 24.1. The van der Waals surface area contributed by atoms with Crippen molar-refractivity contribution < 1.29 is 75.8 Å². The molecule has 496 valence electrons. The summed E-state index contributed by atoms with van der Waals surface area (Å²) >= 11 is 0. The van der Waals surface area contributed by atoms with Gasteiger partial charge in [-0.05, 0) is 103 Å². The standard InChI is InChI=1S/C69H114O16P2/c1-4-7-10-13-16-19-22-24-26-28-30-31-33-35-36-38-41-43-46-49-52-55-67(72)79-58-64(70)59-81-86(75,76)82-60-65(71)61-83-87(77,78)84-63-66(85-69(74)57-54-51-48-45-40-21-18-15-12-9-6-3)62-80-68(73)56-53-50-47-44-42-39-37-34-32-29-27-25-23-20-17-14-11-8-5-2/h7-8,10-11,16-17,19-20,24-27,30-32,34-36,39,42,47,50,64-66,70-71H,4-6,9,12-15,18,21-23,28-29,33,37-38,40-41,43-46,48-49,51-63H2,1-3H3,(H,75,76)(H,77,78)/b10-7-,11-8-,19-16-,20-17-,26-24-,27-25-,31-30-,34-32-,36-35-,42-39-,50-47-. The van der Waals surface area contributed by atoms with Crippen LogP contribution in [0.1, 0.15) is 226 Å². The number of aliphatic hydroxyl groups is 2. The fraction of sp³-hybridized carbons (Fsp3) is 0.638. The van der Waals surface area contributed by atoms with E-state index in [9.17, 15) is 43.5 Å². The molecule has 0 saturated carbocycles. The number of hydrogen-bond acceptors (Lipinski definition) is 14. The minimum atomic E-state index is -4.94. The highest BCUT2D eigenvalue weighted by Crippen LogP contribution is 2.45. The maximum atomic E-state index is 12.9. The minimum Gasteiger partial charge on any atom is -0.463 e. The van der Waals surface area contributed by atoms with Crippen molar-refractivity contribution >= 4 is 33.6 Å². The number of aliphatic hydroxyl groups excluding tert-OH is 2. The summed E-state index contributed by atoms with van der Waals surface area (Å²) in [6.45, 7) is 2.29. The molecule has 0 saturated heterocycles. The highest BCUT2D eigenvalue weighted by Gasteiger charge is 2.29. The average Bonchev–Trinajstić information content (AvgIpc) is 3.53. The molecule has 4 N–H and O–H groups in total. The molecular formula is C69H114O16P2. The van der Waals surface area contributed by atoms with Gasteiger partial charge in [0.25, 0.3) is 0 Å². The third-order valence-corrected chi connectivity index (χ3v) is 14.8. The number of esters is 3. The highest BCUT2D eigenvalue weighted by molar-refractivity contribution is 7.47. The third-order valence-electron chi connectivity index (χ3n) is 12.9. The Morgan fingerprint density at radius 2 is 0.632 bits per heavy atom. The predicted octanol–water partition coefficient (Wildman–Crippen LogP) is 17.6. The van der Waals surface area contributed by atoms with Gasteiger partial charge in [0.1, 0.15) is 25.4 Å². The van der Waals surface area contributed by atoms with Crippen LogP contribution in [0, 0.1) is 0 Å². The van der Waals surface area contributed by atoms with Crippen LogP contribution in [-0.4, -0.2) is 95.9 Å². The summed E-state index contributed by atoms with van der Waals surface area (Å²) in [6.07, 6.45) is 71.0. The van der Waals surface area contributed by atoms with Gasteiger partial charge < -0.3 is 34.2 Å². The Hall–Kier alpha value is -4.31. The molecule has 0 amide bonds. The molecule has 0 rings (SSSR count). The van der Waals surface area contributed by atoms with Crippen molar-refractivity contribution in [1.29, 1.82) is 0 Å². The van der Waals surface area contributed by atoms with E-state index in [1.165, 1.54) is 38.5 Å². The predicted molar refractivity (Wildman–Crippen MR) is 353 cm³/mol. The summed E-state index contributed by atoms with van der Waals surface area (Å²) < 4.78 is 60.6. The molecule has 0 aromatic rings. The molecule has 5 unspecified atom stereocenters. The van der Waals surface area contributed by atoms with Gasteiger partial charge in [-0.3, -0.25) is 32.5 Å². The van der Waals surface area contributed by atoms with E-state index in [0.29, 0.717) is 25.7 Å². The zero-order chi connectivity index (χ0) is 63.8. The first kappa shape index (κ1) is 82.7. The molecule has 5 atom stereocenters. The van der Waals surface area contributed by atoms with Crippen LogP contribution in [-0.2, 0) is 55.8 Å².